The van der Waals surface area contributed by atoms with Crippen molar-refractivity contribution in [1.29, 1.82) is 10.5 Å². The van der Waals surface area contributed by atoms with Gasteiger partial charge in [0.05, 0.1) is 0 Å². The van der Waals surface area contributed by atoms with E-state index in [2.05, 4.69) is 0 Å². The maximum absolute atomic E-state index is 8.86. The van der Waals surface area contributed by atoms with Crippen LogP contribution in [0.5, 0.6) is 11.5 Å². The molecule has 4 nitrogen and oxygen atoms in total. The van der Waals surface area contributed by atoms with Gasteiger partial charge >= 0.3 is 0 Å². The summed E-state index contributed by atoms with van der Waals surface area (Å²) in [6.07, 6.45) is 3.35. The van der Waals surface area contributed by atoms with Crippen molar-refractivity contribution in [3.8, 4) is 24.0 Å². The third-order valence-corrected chi connectivity index (χ3v) is 3.10. The topological polar surface area (TPSA) is 66.0 Å². The van der Waals surface area contributed by atoms with E-state index >= 15 is 0 Å². The lowest BCUT2D eigenvalue weighted by Crippen LogP contribution is -1.89. The summed E-state index contributed by atoms with van der Waals surface area (Å²) in [5.74, 6) is 0.891. The second kappa shape index (κ2) is 4.79. The van der Waals surface area contributed by atoms with Gasteiger partial charge in [0.2, 0.25) is 0 Å². The maximum Gasteiger partial charge on any atom is 0.292 e. The SMILES string of the molecule is N#COc1ccc2cc3ccccc3c(OC#N)c2c1. The van der Waals surface area contributed by atoms with E-state index in [9.17, 15) is 0 Å². The molecule has 0 saturated carbocycles. The summed E-state index contributed by atoms with van der Waals surface area (Å²) >= 11 is 0. The minimum absolute atomic E-state index is 0.415. The van der Waals surface area contributed by atoms with Crippen LogP contribution < -0.4 is 9.47 Å². The van der Waals surface area contributed by atoms with E-state index < -0.39 is 0 Å². The number of hydrogen-bond donors (Lipinski definition) is 0. The molecule has 0 heterocycles. The lowest BCUT2D eigenvalue weighted by molar-refractivity contribution is 0.505. The Kier molecular flexibility index (Phi) is 2.84. The molecule has 3 aromatic rings. The van der Waals surface area contributed by atoms with E-state index in [-0.39, 0.29) is 0 Å². The number of benzene rings is 3. The Bertz CT molecular complexity index is 888. The van der Waals surface area contributed by atoms with E-state index in [4.69, 9.17) is 20.0 Å². The second-order valence-electron chi connectivity index (χ2n) is 4.20. The molecule has 4 heteroatoms. The van der Waals surface area contributed by atoms with Crippen molar-refractivity contribution >= 4 is 21.5 Å². The minimum Gasteiger partial charge on any atom is -0.388 e. The van der Waals surface area contributed by atoms with Gasteiger partial charge in [-0.2, -0.15) is 0 Å². The largest absolute Gasteiger partial charge is 0.388 e. The van der Waals surface area contributed by atoms with Crippen molar-refractivity contribution in [2.75, 3.05) is 0 Å². The molecule has 0 aliphatic rings. The van der Waals surface area contributed by atoms with Gasteiger partial charge in [0.1, 0.15) is 5.75 Å². The van der Waals surface area contributed by atoms with Crippen LogP contribution >= 0.6 is 0 Å². The lowest BCUT2D eigenvalue weighted by Gasteiger charge is -2.09. The van der Waals surface area contributed by atoms with Crippen molar-refractivity contribution in [2.45, 2.75) is 0 Å². The number of nitriles is 2. The molecule has 0 unspecified atom stereocenters. The minimum atomic E-state index is 0.415. The van der Waals surface area contributed by atoms with E-state index in [0.29, 0.717) is 11.5 Å². The molecule has 0 aromatic heterocycles. The summed E-state index contributed by atoms with van der Waals surface area (Å²) in [5, 5.41) is 20.9. The molecule has 0 amide bonds. The third kappa shape index (κ3) is 1.86. The molecule has 0 saturated heterocycles. The zero-order valence-electron chi connectivity index (χ0n) is 10.3. The van der Waals surface area contributed by atoms with Gasteiger partial charge in [-0.3, -0.25) is 0 Å². The Morgan fingerprint density at radius 2 is 1.50 bits per heavy atom. The standard InChI is InChI=1S/C16H8N2O2/c17-9-19-13-6-5-12-7-11-3-1-2-4-14(11)16(20-10-18)15(12)8-13/h1-8H. The predicted molar refractivity (Wildman–Crippen MR) is 73.9 cm³/mol. The van der Waals surface area contributed by atoms with Crippen LogP contribution in [0.25, 0.3) is 21.5 Å². The van der Waals surface area contributed by atoms with Crippen molar-refractivity contribution in [2.24, 2.45) is 0 Å². The molecule has 0 spiro atoms. The zero-order valence-corrected chi connectivity index (χ0v) is 10.3. The van der Waals surface area contributed by atoms with Crippen molar-refractivity contribution in [3.05, 3.63) is 48.5 Å². The van der Waals surface area contributed by atoms with E-state index in [1.165, 1.54) is 0 Å². The van der Waals surface area contributed by atoms with Crippen molar-refractivity contribution in [1.82, 2.24) is 0 Å². The highest BCUT2D eigenvalue weighted by Crippen LogP contribution is 2.36. The molecule has 0 N–H and O–H groups in total. The Morgan fingerprint density at radius 1 is 0.750 bits per heavy atom. The molecule has 0 atom stereocenters. The van der Waals surface area contributed by atoms with Gasteiger partial charge in [0, 0.05) is 10.8 Å². The van der Waals surface area contributed by atoms with Crippen molar-refractivity contribution in [3.63, 3.8) is 0 Å². The van der Waals surface area contributed by atoms with Crippen LogP contribution in [0.3, 0.4) is 0 Å². The van der Waals surface area contributed by atoms with Crippen LogP contribution in [0, 0.1) is 23.0 Å². The molecule has 0 aliphatic carbocycles. The Balaban J connectivity index is 2.40. The molecule has 3 rings (SSSR count). The fourth-order valence-corrected chi connectivity index (χ4v) is 2.27. The van der Waals surface area contributed by atoms with Gasteiger partial charge in [0.25, 0.3) is 12.5 Å². The van der Waals surface area contributed by atoms with Crippen molar-refractivity contribution < 1.29 is 9.47 Å². The fraction of sp³-hybridized carbons (Fsp3) is 0. The highest BCUT2D eigenvalue weighted by molar-refractivity contribution is 6.05. The monoisotopic (exact) mass is 260 g/mol. The molecular weight excluding hydrogens is 252 g/mol. The van der Waals surface area contributed by atoms with Gasteiger partial charge in [-0.15, -0.1) is 10.5 Å². The van der Waals surface area contributed by atoms with E-state index in [0.717, 1.165) is 21.5 Å². The predicted octanol–water partition coefficient (Wildman–Crippen LogP) is 3.71. The number of rotatable bonds is 2. The Labute approximate surface area is 115 Å². The molecule has 94 valence electrons. The first-order chi connectivity index (χ1) is 9.83. The van der Waals surface area contributed by atoms with Gasteiger partial charge in [-0.1, -0.05) is 30.3 Å². The van der Waals surface area contributed by atoms with Crippen LogP contribution in [-0.4, -0.2) is 0 Å². The molecule has 0 bridgehead atoms. The summed E-state index contributed by atoms with van der Waals surface area (Å²) < 4.78 is 9.96. The van der Waals surface area contributed by atoms with Gasteiger partial charge < -0.3 is 9.47 Å². The number of ether oxygens (including phenoxy) is 2. The average molecular weight is 260 g/mol. The highest BCUT2D eigenvalue weighted by Gasteiger charge is 2.10. The van der Waals surface area contributed by atoms with E-state index in [1.807, 2.05) is 36.4 Å². The number of fused-ring (bicyclic) bond motifs is 2. The number of nitrogens with zero attached hydrogens (tertiary/aromatic N) is 2. The second-order valence-corrected chi connectivity index (χ2v) is 4.20. The van der Waals surface area contributed by atoms with Gasteiger partial charge in [-0.05, 0) is 29.0 Å². The van der Waals surface area contributed by atoms with Crippen LogP contribution in [0.2, 0.25) is 0 Å². The molecular formula is C16H8N2O2. The summed E-state index contributed by atoms with van der Waals surface area (Å²) in [6, 6.07) is 14.9. The van der Waals surface area contributed by atoms with Gasteiger partial charge in [-0.25, -0.2) is 0 Å². The Hall–Kier alpha value is -3.24. The lowest BCUT2D eigenvalue weighted by atomic mass is 10.0. The quantitative estimate of drug-likeness (QED) is 0.520. The van der Waals surface area contributed by atoms with E-state index in [1.54, 1.807) is 24.6 Å². The molecule has 0 aliphatic heterocycles. The summed E-state index contributed by atoms with van der Waals surface area (Å²) in [5.41, 5.74) is 0. The fourth-order valence-electron chi connectivity index (χ4n) is 2.27. The van der Waals surface area contributed by atoms with Crippen LogP contribution in [-0.2, 0) is 0 Å². The summed E-state index contributed by atoms with van der Waals surface area (Å²) in [6.45, 7) is 0. The highest BCUT2D eigenvalue weighted by atomic mass is 16.5. The normalized spacial score (nSPS) is 9.90. The Morgan fingerprint density at radius 3 is 2.30 bits per heavy atom. The zero-order chi connectivity index (χ0) is 13.9. The first kappa shape index (κ1) is 11.8. The molecule has 20 heavy (non-hydrogen) atoms. The molecule has 0 radical (unpaired) electrons. The first-order valence-corrected chi connectivity index (χ1v) is 5.91. The number of hydrogen-bond acceptors (Lipinski definition) is 4. The molecule has 3 aromatic carbocycles. The first-order valence-electron chi connectivity index (χ1n) is 5.91. The summed E-state index contributed by atoms with van der Waals surface area (Å²) in [4.78, 5) is 0. The van der Waals surface area contributed by atoms with Gasteiger partial charge in [0.15, 0.2) is 5.75 Å². The third-order valence-electron chi connectivity index (χ3n) is 3.10. The smallest absolute Gasteiger partial charge is 0.292 e. The van der Waals surface area contributed by atoms with Crippen LogP contribution in [0.4, 0.5) is 0 Å². The van der Waals surface area contributed by atoms with Crippen LogP contribution in [0.1, 0.15) is 0 Å². The maximum atomic E-state index is 8.86. The average Bonchev–Trinajstić information content (AvgIpc) is 2.48. The molecule has 0 fully saturated rings. The summed E-state index contributed by atoms with van der Waals surface area (Å²) in [7, 11) is 0. The van der Waals surface area contributed by atoms with Crippen LogP contribution in [0.15, 0.2) is 48.5 Å².